The van der Waals surface area contributed by atoms with Crippen molar-refractivity contribution in [2.45, 2.75) is 24.5 Å². The SMILES string of the molecule is O=c1oc2ccccc2cc1-c1csc(N2N=C(C(F)(F)F)C[C@@]2(O)C(F)(F)F)n1. The van der Waals surface area contributed by atoms with Gasteiger partial charge in [0.25, 0.3) is 5.72 Å². The molecule has 1 aliphatic rings. The number of halogens is 6. The van der Waals surface area contributed by atoms with Crippen LogP contribution in [0.2, 0.25) is 0 Å². The fraction of sp³-hybridized carbons (Fsp3) is 0.235. The first kappa shape index (κ1) is 20.3. The van der Waals surface area contributed by atoms with Crippen LogP contribution in [0.4, 0.5) is 31.5 Å². The van der Waals surface area contributed by atoms with Crippen LogP contribution in [0, 0.1) is 0 Å². The van der Waals surface area contributed by atoms with E-state index in [-0.39, 0.29) is 21.8 Å². The van der Waals surface area contributed by atoms with Gasteiger partial charge < -0.3 is 9.52 Å². The van der Waals surface area contributed by atoms with Gasteiger partial charge in [0.2, 0.25) is 5.13 Å². The minimum atomic E-state index is -5.46. The highest BCUT2D eigenvalue weighted by atomic mass is 32.1. The molecule has 0 aliphatic carbocycles. The van der Waals surface area contributed by atoms with Crippen molar-refractivity contribution in [3.8, 4) is 11.3 Å². The molecule has 13 heteroatoms. The summed E-state index contributed by atoms with van der Waals surface area (Å²) in [6, 6.07) is 7.85. The molecule has 0 unspecified atom stereocenters. The predicted molar refractivity (Wildman–Crippen MR) is 95.2 cm³/mol. The Balaban J connectivity index is 1.80. The highest BCUT2D eigenvalue weighted by Crippen LogP contribution is 2.46. The summed E-state index contributed by atoms with van der Waals surface area (Å²) in [5.74, 6) is 0. The van der Waals surface area contributed by atoms with Gasteiger partial charge in [-0.1, -0.05) is 18.2 Å². The van der Waals surface area contributed by atoms with Crippen LogP contribution >= 0.6 is 11.3 Å². The van der Waals surface area contributed by atoms with Gasteiger partial charge in [0.1, 0.15) is 11.3 Å². The third-order valence-electron chi connectivity index (χ3n) is 4.36. The van der Waals surface area contributed by atoms with E-state index in [9.17, 15) is 36.2 Å². The number of rotatable bonds is 2. The lowest BCUT2D eigenvalue weighted by Crippen LogP contribution is -2.55. The van der Waals surface area contributed by atoms with E-state index in [1.54, 1.807) is 18.2 Å². The van der Waals surface area contributed by atoms with E-state index in [0.29, 0.717) is 16.7 Å². The monoisotopic (exact) mass is 449 g/mol. The van der Waals surface area contributed by atoms with E-state index in [2.05, 4.69) is 10.1 Å². The van der Waals surface area contributed by atoms with Crippen molar-refractivity contribution in [1.82, 2.24) is 4.98 Å². The van der Waals surface area contributed by atoms with Gasteiger partial charge in [-0.15, -0.1) is 11.3 Å². The van der Waals surface area contributed by atoms with Gasteiger partial charge in [0.15, 0.2) is 0 Å². The summed E-state index contributed by atoms with van der Waals surface area (Å²) in [4.78, 5) is 16.0. The fourth-order valence-corrected chi connectivity index (χ4v) is 3.69. The lowest BCUT2D eigenvalue weighted by molar-refractivity contribution is -0.255. The largest absolute Gasteiger partial charge is 0.438 e. The second-order valence-corrected chi connectivity index (χ2v) is 7.18. The Kier molecular flexibility index (Phi) is 4.43. The van der Waals surface area contributed by atoms with Crippen LogP contribution in [0.1, 0.15) is 6.42 Å². The summed E-state index contributed by atoms with van der Waals surface area (Å²) in [6.07, 6.45) is -12.4. The Morgan fingerprint density at radius 2 is 1.87 bits per heavy atom. The van der Waals surface area contributed by atoms with Crippen molar-refractivity contribution < 1.29 is 35.9 Å². The number of benzene rings is 1. The quantitative estimate of drug-likeness (QED) is 0.466. The van der Waals surface area contributed by atoms with Crippen LogP contribution in [-0.2, 0) is 0 Å². The number of thiazole rings is 1. The molecular formula is C17H9F6N3O3S. The number of anilines is 1. The summed E-state index contributed by atoms with van der Waals surface area (Å²) in [6.45, 7) is 0. The van der Waals surface area contributed by atoms with Gasteiger partial charge in [-0.3, -0.25) is 0 Å². The van der Waals surface area contributed by atoms with E-state index in [1.807, 2.05) is 0 Å². The minimum Gasteiger partial charge on any atom is -0.422 e. The average Bonchev–Trinajstić information content (AvgIpc) is 3.25. The summed E-state index contributed by atoms with van der Waals surface area (Å²) >= 11 is 0.487. The zero-order valence-corrected chi connectivity index (χ0v) is 15.3. The summed E-state index contributed by atoms with van der Waals surface area (Å²) in [5.41, 5.74) is -6.53. The van der Waals surface area contributed by atoms with Gasteiger partial charge in [0.05, 0.1) is 17.7 Å². The molecule has 0 spiro atoms. The third-order valence-corrected chi connectivity index (χ3v) is 5.17. The van der Waals surface area contributed by atoms with Crippen molar-refractivity contribution in [3.05, 3.63) is 46.1 Å². The number of hydrogen-bond acceptors (Lipinski definition) is 7. The van der Waals surface area contributed by atoms with Gasteiger partial charge in [-0.2, -0.15) is 36.5 Å². The molecule has 30 heavy (non-hydrogen) atoms. The number of aliphatic hydroxyl groups is 1. The molecule has 2 aromatic heterocycles. The number of para-hydroxylation sites is 1. The molecule has 158 valence electrons. The number of nitrogens with zero attached hydrogens (tertiary/aromatic N) is 3. The highest BCUT2D eigenvalue weighted by Gasteiger charge is 2.65. The maximum atomic E-state index is 13.4. The van der Waals surface area contributed by atoms with Crippen LogP contribution in [0.25, 0.3) is 22.2 Å². The molecular weight excluding hydrogens is 440 g/mol. The van der Waals surface area contributed by atoms with Crippen LogP contribution in [0.3, 0.4) is 0 Å². The standard InChI is InChI=1S/C17H9F6N3O3S/c18-16(19,20)12-6-15(28,17(21,22)23)26(25-12)14-24-10(7-30-14)9-5-8-3-1-2-4-11(8)29-13(9)27/h1-5,7,28H,6H2/t15-/m1/s1. The molecule has 6 nitrogen and oxygen atoms in total. The number of hydrogen-bond donors (Lipinski definition) is 1. The molecule has 1 atom stereocenters. The normalized spacial score (nSPS) is 20.1. The molecule has 0 fully saturated rings. The Hall–Kier alpha value is -2.93. The summed E-state index contributed by atoms with van der Waals surface area (Å²) in [7, 11) is 0. The molecule has 1 aromatic carbocycles. The first-order valence-corrected chi connectivity index (χ1v) is 9.01. The van der Waals surface area contributed by atoms with Crippen molar-refractivity contribution in [2.24, 2.45) is 5.10 Å². The van der Waals surface area contributed by atoms with E-state index >= 15 is 0 Å². The molecule has 0 bridgehead atoms. The molecule has 1 N–H and O–H groups in total. The lowest BCUT2D eigenvalue weighted by atomic mass is 10.1. The zero-order valence-electron chi connectivity index (χ0n) is 14.5. The predicted octanol–water partition coefficient (Wildman–Crippen LogP) is 4.30. The first-order valence-electron chi connectivity index (χ1n) is 8.13. The first-order chi connectivity index (χ1) is 13.9. The van der Waals surface area contributed by atoms with Crippen molar-refractivity contribution in [2.75, 3.05) is 5.01 Å². The number of fused-ring (bicyclic) bond motifs is 1. The molecule has 0 amide bonds. The van der Waals surface area contributed by atoms with Crippen molar-refractivity contribution in [1.29, 1.82) is 0 Å². The Bertz CT molecular complexity index is 1220. The van der Waals surface area contributed by atoms with Gasteiger partial charge in [0, 0.05) is 10.8 Å². The van der Waals surface area contributed by atoms with Crippen LogP contribution in [0.5, 0.6) is 0 Å². The number of aromatic nitrogens is 1. The van der Waals surface area contributed by atoms with E-state index in [1.165, 1.54) is 12.1 Å². The number of hydrazone groups is 1. The second-order valence-electron chi connectivity index (χ2n) is 6.35. The minimum absolute atomic E-state index is 0.106. The summed E-state index contributed by atoms with van der Waals surface area (Å²) in [5, 5.41) is 13.7. The Morgan fingerprint density at radius 3 is 2.53 bits per heavy atom. The van der Waals surface area contributed by atoms with Gasteiger partial charge in [-0.05, 0) is 12.1 Å². The van der Waals surface area contributed by atoms with E-state index in [0.717, 1.165) is 5.38 Å². The van der Waals surface area contributed by atoms with Gasteiger partial charge >= 0.3 is 18.0 Å². The second kappa shape index (κ2) is 6.54. The molecule has 0 radical (unpaired) electrons. The zero-order chi connectivity index (χ0) is 21.9. The molecule has 0 saturated carbocycles. The van der Waals surface area contributed by atoms with Crippen LogP contribution in [0.15, 0.2) is 50.0 Å². The summed E-state index contributed by atoms with van der Waals surface area (Å²) < 4.78 is 84.1. The van der Waals surface area contributed by atoms with Crippen molar-refractivity contribution in [3.63, 3.8) is 0 Å². The molecule has 3 heterocycles. The van der Waals surface area contributed by atoms with E-state index < -0.39 is 41.0 Å². The Morgan fingerprint density at radius 1 is 1.17 bits per heavy atom. The average molecular weight is 449 g/mol. The van der Waals surface area contributed by atoms with Crippen molar-refractivity contribution >= 4 is 33.1 Å². The maximum absolute atomic E-state index is 13.4. The van der Waals surface area contributed by atoms with Crippen LogP contribution in [-0.4, -0.2) is 33.9 Å². The topological polar surface area (TPSA) is 78.9 Å². The Labute approximate surface area is 166 Å². The third kappa shape index (κ3) is 3.23. The fourth-order valence-electron chi connectivity index (χ4n) is 2.85. The molecule has 4 rings (SSSR count). The maximum Gasteiger partial charge on any atom is 0.438 e. The lowest BCUT2D eigenvalue weighted by Gasteiger charge is -2.32. The highest BCUT2D eigenvalue weighted by molar-refractivity contribution is 7.14. The smallest absolute Gasteiger partial charge is 0.422 e. The molecule has 0 saturated heterocycles. The molecule has 3 aromatic rings. The number of alkyl halides is 6. The van der Waals surface area contributed by atoms with Gasteiger partial charge in [-0.25, -0.2) is 9.78 Å². The molecule has 1 aliphatic heterocycles. The van der Waals surface area contributed by atoms with E-state index in [4.69, 9.17) is 4.42 Å². The van der Waals surface area contributed by atoms with Crippen LogP contribution < -0.4 is 10.6 Å².